The minimum atomic E-state index is -0.0567. The molecule has 1 fully saturated rings. The van der Waals surface area contributed by atoms with Gasteiger partial charge in [0.25, 0.3) is 0 Å². The zero-order chi connectivity index (χ0) is 18.4. The summed E-state index contributed by atoms with van der Waals surface area (Å²) in [5.74, 6) is 0.144. The summed E-state index contributed by atoms with van der Waals surface area (Å²) >= 11 is 0. The lowest BCUT2D eigenvalue weighted by Crippen LogP contribution is -2.52. The molecule has 1 aliphatic rings. The molecule has 1 amide bonds. The first-order valence-electron chi connectivity index (χ1n) is 9.33. The van der Waals surface area contributed by atoms with E-state index in [4.69, 9.17) is 4.74 Å². The van der Waals surface area contributed by atoms with Gasteiger partial charge < -0.3 is 10.1 Å². The SMILES string of the molecule is CC(CCOC(C)(C)C)N1CCN(CC(=O)NCC(C)(C)C)CC1. The number of amides is 1. The maximum absolute atomic E-state index is 12.0. The highest BCUT2D eigenvalue weighted by Gasteiger charge is 2.23. The van der Waals surface area contributed by atoms with E-state index < -0.39 is 0 Å². The van der Waals surface area contributed by atoms with Crippen molar-refractivity contribution in [1.29, 1.82) is 0 Å². The Hall–Kier alpha value is -0.650. The number of carbonyl (C=O) groups is 1. The zero-order valence-corrected chi connectivity index (χ0v) is 16.9. The average molecular weight is 342 g/mol. The fourth-order valence-corrected chi connectivity index (χ4v) is 2.70. The van der Waals surface area contributed by atoms with Gasteiger partial charge in [-0.25, -0.2) is 0 Å². The summed E-state index contributed by atoms with van der Waals surface area (Å²) < 4.78 is 5.83. The predicted molar refractivity (Wildman–Crippen MR) is 100 cm³/mol. The van der Waals surface area contributed by atoms with Gasteiger partial charge in [-0.15, -0.1) is 0 Å². The summed E-state index contributed by atoms with van der Waals surface area (Å²) in [6.07, 6.45) is 1.06. The highest BCUT2D eigenvalue weighted by molar-refractivity contribution is 5.78. The molecule has 1 saturated heterocycles. The summed E-state index contributed by atoms with van der Waals surface area (Å²) in [7, 11) is 0. The second-order valence-electron chi connectivity index (χ2n) is 9.25. The fraction of sp³-hybridized carbons (Fsp3) is 0.947. The van der Waals surface area contributed by atoms with Crippen LogP contribution in [0.1, 0.15) is 54.9 Å². The van der Waals surface area contributed by atoms with Crippen LogP contribution >= 0.6 is 0 Å². The Kier molecular flexibility index (Phi) is 8.16. The van der Waals surface area contributed by atoms with Gasteiger partial charge in [0.1, 0.15) is 0 Å². The molecule has 1 aliphatic heterocycles. The topological polar surface area (TPSA) is 44.8 Å². The molecule has 5 heteroatoms. The van der Waals surface area contributed by atoms with Gasteiger partial charge in [0.2, 0.25) is 5.91 Å². The maximum atomic E-state index is 12.0. The van der Waals surface area contributed by atoms with Crippen molar-refractivity contribution >= 4 is 5.91 Å². The molecule has 0 aromatic carbocycles. The van der Waals surface area contributed by atoms with Crippen LogP contribution in [0.5, 0.6) is 0 Å². The van der Waals surface area contributed by atoms with Gasteiger partial charge in [0.15, 0.2) is 0 Å². The first-order valence-corrected chi connectivity index (χ1v) is 9.33. The smallest absolute Gasteiger partial charge is 0.234 e. The quantitative estimate of drug-likeness (QED) is 0.772. The van der Waals surface area contributed by atoms with Crippen molar-refractivity contribution in [1.82, 2.24) is 15.1 Å². The first-order chi connectivity index (χ1) is 11.0. The number of ether oxygens (including phenoxy) is 1. The van der Waals surface area contributed by atoms with E-state index >= 15 is 0 Å². The van der Waals surface area contributed by atoms with E-state index in [1.165, 1.54) is 0 Å². The van der Waals surface area contributed by atoms with E-state index in [-0.39, 0.29) is 16.9 Å². The molecule has 24 heavy (non-hydrogen) atoms. The highest BCUT2D eigenvalue weighted by atomic mass is 16.5. The normalized spacial score (nSPS) is 19.3. The van der Waals surface area contributed by atoms with Crippen molar-refractivity contribution in [3.8, 4) is 0 Å². The standard InChI is InChI=1S/C19H39N3O2/c1-16(8-13-24-19(5,6)7)22-11-9-21(10-12-22)14-17(23)20-15-18(2,3)4/h16H,8-15H2,1-7H3,(H,20,23). The molecule has 1 unspecified atom stereocenters. The Morgan fingerprint density at radius 2 is 1.67 bits per heavy atom. The molecule has 0 aliphatic carbocycles. The molecule has 0 radical (unpaired) electrons. The lowest BCUT2D eigenvalue weighted by atomic mass is 9.97. The highest BCUT2D eigenvalue weighted by Crippen LogP contribution is 2.13. The Labute approximate surface area is 149 Å². The van der Waals surface area contributed by atoms with E-state index in [2.05, 4.69) is 63.6 Å². The van der Waals surface area contributed by atoms with Crippen LogP contribution in [0.15, 0.2) is 0 Å². The van der Waals surface area contributed by atoms with E-state index in [9.17, 15) is 4.79 Å². The summed E-state index contributed by atoms with van der Waals surface area (Å²) in [4.78, 5) is 16.8. The summed E-state index contributed by atoms with van der Waals surface area (Å²) in [6, 6.07) is 0.532. The van der Waals surface area contributed by atoms with Gasteiger partial charge >= 0.3 is 0 Å². The number of nitrogens with zero attached hydrogens (tertiary/aromatic N) is 2. The first kappa shape index (κ1) is 21.4. The van der Waals surface area contributed by atoms with Gasteiger partial charge in [0, 0.05) is 45.4 Å². The Morgan fingerprint density at radius 1 is 1.08 bits per heavy atom. The third-order valence-corrected chi connectivity index (χ3v) is 4.28. The Balaban J connectivity index is 2.22. The van der Waals surface area contributed by atoms with Crippen LogP contribution in [0, 0.1) is 5.41 Å². The number of carbonyl (C=O) groups excluding carboxylic acids is 1. The van der Waals surface area contributed by atoms with Gasteiger partial charge in [-0.3, -0.25) is 14.6 Å². The van der Waals surface area contributed by atoms with Crippen LogP contribution in [0.2, 0.25) is 0 Å². The fourth-order valence-electron chi connectivity index (χ4n) is 2.70. The van der Waals surface area contributed by atoms with Crippen LogP contribution in [0.4, 0.5) is 0 Å². The third-order valence-electron chi connectivity index (χ3n) is 4.28. The van der Waals surface area contributed by atoms with Crippen molar-refractivity contribution in [2.45, 2.75) is 66.5 Å². The molecule has 1 rings (SSSR count). The van der Waals surface area contributed by atoms with Crippen molar-refractivity contribution in [2.24, 2.45) is 5.41 Å². The predicted octanol–water partition coefficient (Wildman–Crippen LogP) is 2.36. The second kappa shape index (κ2) is 9.16. The molecule has 0 saturated carbocycles. The van der Waals surface area contributed by atoms with E-state index in [1.807, 2.05) is 0 Å². The molecule has 142 valence electrons. The van der Waals surface area contributed by atoms with Crippen LogP contribution in [-0.4, -0.2) is 73.2 Å². The zero-order valence-electron chi connectivity index (χ0n) is 16.9. The Morgan fingerprint density at radius 3 is 2.17 bits per heavy atom. The second-order valence-corrected chi connectivity index (χ2v) is 9.25. The van der Waals surface area contributed by atoms with Crippen molar-refractivity contribution in [3.63, 3.8) is 0 Å². The largest absolute Gasteiger partial charge is 0.376 e. The van der Waals surface area contributed by atoms with Crippen LogP contribution in [0.25, 0.3) is 0 Å². The van der Waals surface area contributed by atoms with Crippen LogP contribution < -0.4 is 5.32 Å². The maximum Gasteiger partial charge on any atom is 0.234 e. The number of hydrogen-bond donors (Lipinski definition) is 1. The minimum absolute atomic E-state index is 0.0567. The van der Waals surface area contributed by atoms with Crippen molar-refractivity contribution in [3.05, 3.63) is 0 Å². The molecule has 1 heterocycles. The molecular formula is C19H39N3O2. The van der Waals surface area contributed by atoms with Gasteiger partial charge in [-0.05, 0) is 39.5 Å². The minimum Gasteiger partial charge on any atom is -0.376 e. The van der Waals surface area contributed by atoms with Crippen molar-refractivity contribution < 1.29 is 9.53 Å². The summed E-state index contributed by atoms with van der Waals surface area (Å²) in [5, 5.41) is 3.04. The molecule has 0 aromatic heterocycles. The average Bonchev–Trinajstić information content (AvgIpc) is 2.44. The van der Waals surface area contributed by atoms with E-state index in [0.717, 1.165) is 45.8 Å². The summed E-state index contributed by atoms with van der Waals surface area (Å²) in [6.45, 7) is 21.0. The van der Waals surface area contributed by atoms with Gasteiger partial charge in [0.05, 0.1) is 12.1 Å². The lowest BCUT2D eigenvalue weighted by molar-refractivity contribution is -0.123. The van der Waals surface area contributed by atoms with E-state index in [1.54, 1.807) is 0 Å². The number of nitrogens with one attached hydrogen (secondary N) is 1. The van der Waals surface area contributed by atoms with Gasteiger partial charge in [-0.1, -0.05) is 20.8 Å². The number of piperazine rings is 1. The third kappa shape index (κ3) is 9.60. The molecule has 0 aromatic rings. The lowest BCUT2D eigenvalue weighted by Gasteiger charge is -2.38. The molecular weight excluding hydrogens is 302 g/mol. The van der Waals surface area contributed by atoms with Crippen LogP contribution in [0.3, 0.4) is 0 Å². The summed E-state index contributed by atoms with van der Waals surface area (Å²) in [5.41, 5.74) is 0.0811. The monoisotopic (exact) mass is 341 g/mol. The molecule has 5 nitrogen and oxygen atoms in total. The molecule has 1 N–H and O–H groups in total. The number of rotatable bonds is 7. The van der Waals surface area contributed by atoms with E-state index in [0.29, 0.717) is 12.6 Å². The molecule has 0 spiro atoms. The molecule has 0 bridgehead atoms. The van der Waals surface area contributed by atoms with Crippen molar-refractivity contribution in [2.75, 3.05) is 45.9 Å². The molecule has 1 atom stereocenters. The number of hydrogen-bond acceptors (Lipinski definition) is 4. The Bertz CT molecular complexity index is 377. The van der Waals surface area contributed by atoms with Crippen LogP contribution in [-0.2, 0) is 9.53 Å². The van der Waals surface area contributed by atoms with Gasteiger partial charge in [-0.2, -0.15) is 0 Å².